The standard InChI is InChI=1S/C8H8O2S.C6H5N3/c9-8(10)7(11)6-4-2-1-3-5-6;1-2-5-6(7-3-1)9-4-8-5/h1-5,7,11H,(H,9,10);1-4H,(H,7,8,9). The number of pyridine rings is 1. The number of aliphatic carboxylic acids is 1. The summed E-state index contributed by atoms with van der Waals surface area (Å²) in [5.41, 5.74) is 2.47. The van der Waals surface area contributed by atoms with Crippen molar-refractivity contribution in [2.24, 2.45) is 0 Å². The van der Waals surface area contributed by atoms with E-state index in [1.54, 1.807) is 36.8 Å². The first-order valence-electron chi connectivity index (χ1n) is 5.88. The van der Waals surface area contributed by atoms with Gasteiger partial charge >= 0.3 is 5.97 Å². The van der Waals surface area contributed by atoms with E-state index in [1.807, 2.05) is 18.2 Å². The second-order valence-corrected chi connectivity index (χ2v) is 4.44. The topological polar surface area (TPSA) is 78.9 Å². The lowest BCUT2D eigenvalue weighted by Gasteiger charge is -2.03. The van der Waals surface area contributed by atoms with Crippen LogP contribution in [-0.2, 0) is 4.79 Å². The first kappa shape index (κ1) is 14.1. The highest BCUT2D eigenvalue weighted by Crippen LogP contribution is 2.18. The predicted octanol–water partition coefficient (Wildman–Crippen LogP) is 2.70. The molecule has 0 saturated heterocycles. The molecule has 0 aliphatic heterocycles. The van der Waals surface area contributed by atoms with Gasteiger partial charge in [0.2, 0.25) is 0 Å². The molecule has 3 rings (SSSR count). The van der Waals surface area contributed by atoms with Gasteiger partial charge in [-0.15, -0.1) is 0 Å². The number of benzene rings is 1. The molecule has 0 amide bonds. The molecule has 2 heterocycles. The smallest absolute Gasteiger partial charge is 0.320 e. The number of carbonyl (C=O) groups is 1. The van der Waals surface area contributed by atoms with Crippen molar-refractivity contribution in [1.29, 1.82) is 0 Å². The van der Waals surface area contributed by atoms with E-state index < -0.39 is 11.2 Å². The maximum absolute atomic E-state index is 10.4. The SMILES string of the molecule is O=C(O)C(S)c1ccccc1.c1cnc2nc[nH]c2c1. The van der Waals surface area contributed by atoms with E-state index in [0.717, 1.165) is 11.2 Å². The number of thiol groups is 1. The molecule has 1 aromatic carbocycles. The molecule has 6 heteroatoms. The summed E-state index contributed by atoms with van der Waals surface area (Å²) in [6.45, 7) is 0. The summed E-state index contributed by atoms with van der Waals surface area (Å²) >= 11 is 3.91. The Bertz CT molecular complexity index is 655. The Morgan fingerprint density at radius 3 is 2.55 bits per heavy atom. The molecule has 1 unspecified atom stereocenters. The first-order valence-corrected chi connectivity index (χ1v) is 6.40. The molecule has 0 bridgehead atoms. The molecule has 2 N–H and O–H groups in total. The normalized spacial score (nSPS) is 11.4. The minimum Gasteiger partial charge on any atom is -0.480 e. The molecule has 0 fully saturated rings. The highest BCUT2D eigenvalue weighted by Gasteiger charge is 2.12. The van der Waals surface area contributed by atoms with Crippen LogP contribution in [0.25, 0.3) is 11.2 Å². The summed E-state index contributed by atoms with van der Waals surface area (Å²) in [6.07, 6.45) is 3.36. The largest absolute Gasteiger partial charge is 0.480 e. The van der Waals surface area contributed by atoms with Crippen molar-refractivity contribution in [3.63, 3.8) is 0 Å². The van der Waals surface area contributed by atoms with E-state index in [1.165, 1.54) is 0 Å². The summed E-state index contributed by atoms with van der Waals surface area (Å²) < 4.78 is 0. The number of imidazole rings is 1. The summed E-state index contributed by atoms with van der Waals surface area (Å²) in [7, 11) is 0. The van der Waals surface area contributed by atoms with Crippen LogP contribution in [0.1, 0.15) is 10.8 Å². The number of aromatic nitrogens is 3. The van der Waals surface area contributed by atoms with Crippen molar-refractivity contribution < 1.29 is 9.90 Å². The number of H-pyrrole nitrogens is 1. The van der Waals surface area contributed by atoms with E-state index in [0.29, 0.717) is 5.56 Å². The third-order valence-electron chi connectivity index (χ3n) is 2.54. The van der Waals surface area contributed by atoms with Crippen LogP contribution >= 0.6 is 12.6 Å². The fourth-order valence-electron chi connectivity index (χ4n) is 1.55. The van der Waals surface area contributed by atoms with Crippen molar-refractivity contribution in [2.75, 3.05) is 0 Å². The highest BCUT2D eigenvalue weighted by molar-refractivity contribution is 7.81. The molecule has 0 aliphatic rings. The zero-order valence-electron chi connectivity index (χ0n) is 10.5. The van der Waals surface area contributed by atoms with Gasteiger partial charge in [0, 0.05) is 6.20 Å². The fraction of sp³-hybridized carbons (Fsp3) is 0.0714. The van der Waals surface area contributed by atoms with Crippen LogP contribution in [0, 0.1) is 0 Å². The van der Waals surface area contributed by atoms with Crippen molar-refractivity contribution >= 4 is 29.8 Å². The van der Waals surface area contributed by atoms with Gasteiger partial charge < -0.3 is 10.1 Å². The Morgan fingerprint density at radius 2 is 1.90 bits per heavy atom. The van der Waals surface area contributed by atoms with Crippen LogP contribution in [0.2, 0.25) is 0 Å². The number of nitrogens with one attached hydrogen (secondary N) is 1. The maximum atomic E-state index is 10.4. The number of fused-ring (bicyclic) bond motifs is 1. The molecular formula is C14H13N3O2S. The molecule has 20 heavy (non-hydrogen) atoms. The number of carboxylic acid groups (broad SMARTS) is 1. The Hall–Kier alpha value is -2.34. The van der Waals surface area contributed by atoms with Gasteiger partial charge in [-0.2, -0.15) is 12.6 Å². The summed E-state index contributed by atoms with van der Waals surface area (Å²) in [5, 5.41) is 7.85. The molecule has 1 atom stereocenters. The molecule has 2 aromatic heterocycles. The van der Waals surface area contributed by atoms with Crippen LogP contribution in [0.3, 0.4) is 0 Å². The van der Waals surface area contributed by atoms with Crippen molar-refractivity contribution in [3.05, 3.63) is 60.6 Å². The van der Waals surface area contributed by atoms with E-state index in [-0.39, 0.29) is 0 Å². The average Bonchev–Trinajstić information content (AvgIpc) is 2.96. The predicted molar refractivity (Wildman–Crippen MR) is 79.7 cm³/mol. The number of hydrogen-bond donors (Lipinski definition) is 3. The minimum absolute atomic E-state index is 0.711. The summed E-state index contributed by atoms with van der Waals surface area (Å²) in [5.74, 6) is -0.917. The molecule has 0 aliphatic carbocycles. The van der Waals surface area contributed by atoms with Crippen LogP contribution in [0.15, 0.2) is 55.0 Å². The van der Waals surface area contributed by atoms with Crippen LogP contribution in [0.5, 0.6) is 0 Å². The zero-order valence-corrected chi connectivity index (χ0v) is 11.4. The molecule has 3 aromatic rings. The van der Waals surface area contributed by atoms with Gasteiger partial charge in [-0.1, -0.05) is 30.3 Å². The molecule has 0 spiro atoms. The molecule has 0 radical (unpaired) electrons. The van der Waals surface area contributed by atoms with E-state index in [2.05, 4.69) is 27.6 Å². The van der Waals surface area contributed by atoms with Gasteiger partial charge in [0.05, 0.1) is 11.8 Å². The Labute approximate surface area is 121 Å². The van der Waals surface area contributed by atoms with Crippen LogP contribution < -0.4 is 0 Å². The molecule has 5 nitrogen and oxygen atoms in total. The molecular weight excluding hydrogens is 274 g/mol. The molecule has 0 saturated carbocycles. The average molecular weight is 287 g/mol. The van der Waals surface area contributed by atoms with Crippen molar-refractivity contribution in [2.45, 2.75) is 5.25 Å². The number of aromatic amines is 1. The Morgan fingerprint density at radius 1 is 1.15 bits per heavy atom. The Balaban J connectivity index is 0.000000149. The maximum Gasteiger partial charge on any atom is 0.320 e. The van der Waals surface area contributed by atoms with Crippen molar-refractivity contribution in [1.82, 2.24) is 15.0 Å². The van der Waals surface area contributed by atoms with E-state index >= 15 is 0 Å². The van der Waals surface area contributed by atoms with Crippen LogP contribution in [-0.4, -0.2) is 26.0 Å². The second kappa shape index (κ2) is 6.72. The first-order chi connectivity index (χ1) is 9.68. The lowest BCUT2D eigenvalue weighted by Crippen LogP contribution is -2.04. The number of rotatable bonds is 2. The van der Waals surface area contributed by atoms with Gasteiger partial charge in [0.1, 0.15) is 5.25 Å². The van der Waals surface area contributed by atoms with Crippen LogP contribution in [0.4, 0.5) is 0 Å². The number of hydrogen-bond acceptors (Lipinski definition) is 4. The highest BCUT2D eigenvalue weighted by atomic mass is 32.1. The zero-order chi connectivity index (χ0) is 14.4. The third-order valence-corrected chi connectivity index (χ3v) is 3.06. The monoisotopic (exact) mass is 287 g/mol. The Kier molecular flexibility index (Phi) is 4.73. The van der Waals surface area contributed by atoms with Gasteiger partial charge in [0.15, 0.2) is 5.65 Å². The molecule has 102 valence electrons. The van der Waals surface area contributed by atoms with Crippen molar-refractivity contribution in [3.8, 4) is 0 Å². The van der Waals surface area contributed by atoms with E-state index in [4.69, 9.17) is 5.11 Å². The lowest BCUT2D eigenvalue weighted by molar-refractivity contribution is -0.136. The quantitative estimate of drug-likeness (QED) is 0.633. The van der Waals surface area contributed by atoms with Gasteiger partial charge in [-0.3, -0.25) is 4.79 Å². The summed E-state index contributed by atoms with van der Waals surface area (Å²) in [6, 6.07) is 12.7. The second-order valence-electron chi connectivity index (χ2n) is 3.93. The summed E-state index contributed by atoms with van der Waals surface area (Å²) in [4.78, 5) is 21.3. The van der Waals surface area contributed by atoms with Gasteiger partial charge in [-0.25, -0.2) is 9.97 Å². The minimum atomic E-state index is -0.917. The number of carboxylic acids is 1. The van der Waals surface area contributed by atoms with Gasteiger partial charge in [0.25, 0.3) is 0 Å². The lowest BCUT2D eigenvalue weighted by atomic mass is 10.1. The third kappa shape index (κ3) is 3.58. The fourth-order valence-corrected chi connectivity index (χ4v) is 1.73. The number of nitrogens with zero attached hydrogens (tertiary/aromatic N) is 2. The van der Waals surface area contributed by atoms with Gasteiger partial charge in [-0.05, 0) is 17.7 Å². The van der Waals surface area contributed by atoms with E-state index in [9.17, 15) is 4.79 Å².